The van der Waals surface area contributed by atoms with Crippen LogP contribution in [0.25, 0.3) is 0 Å². The third kappa shape index (κ3) is 5.53. The molecule has 2 heterocycles. The maximum absolute atomic E-state index is 12.6. The fourth-order valence-corrected chi connectivity index (χ4v) is 3.20. The summed E-state index contributed by atoms with van der Waals surface area (Å²) in [5.41, 5.74) is 2.15. The van der Waals surface area contributed by atoms with Gasteiger partial charge in [-0.15, -0.1) is 0 Å². The van der Waals surface area contributed by atoms with Gasteiger partial charge in [-0.2, -0.15) is 0 Å². The highest BCUT2D eigenvalue weighted by Gasteiger charge is 2.17. The van der Waals surface area contributed by atoms with Crippen molar-refractivity contribution >= 4 is 23.5 Å². The number of aromatic nitrogens is 2. The summed E-state index contributed by atoms with van der Waals surface area (Å²) in [7, 11) is 0. The molecule has 1 saturated heterocycles. The number of unbranched alkanes of at least 4 members (excludes halogenated alkanes) is 1. The normalized spacial score (nSPS) is 13.8. The van der Waals surface area contributed by atoms with E-state index in [1.54, 1.807) is 30.5 Å². The SMILES string of the molecule is CCCCOC(=O)c1ccc(NC(=O)c2cnc(N3CCCCC3)nc2C)cc1. The van der Waals surface area contributed by atoms with Gasteiger partial charge in [-0.1, -0.05) is 13.3 Å². The Morgan fingerprint density at radius 1 is 1.14 bits per heavy atom. The molecule has 0 atom stereocenters. The average molecular weight is 396 g/mol. The van der Waals surface area contributed by atoms with Crippen molar-refractivity contribution in [2.45, 2.75) is 46.0 Å². The topological polar surface area (TPSA) is 84.4 Å². The van der Waals surface area contributed by atoms with Crippen LogP contribution in [-0.4, -0.2) is 41.5 Å². The molecule has 7 nitrogen and oxygen atoms in total. The van der Waals surface area contributed by atoms with Gasteiger partial charge >= 0.3 is 5.97 Å². The highest BCUT2D eigenvalue weighted by Crippen LogP contribution is 2.18. The Morgan fingerprint density at radius 3 is 2.52 bits per heavy atom. The lowest BCUT2D eigenvalue weighted by Crippen LogP contribution is -2.31. The number of aryl methyl sites for hydroxylation is 1. The van der Waals surface area contributed by atoms with E-state index < -0.39 is 0 Å². The first-order chi connectivity index (χ1) is 14.1. The molecule has 1 fully saturated rings. The van der Waals surface area contributed by atoms with E-state index in [1.165, 1.54) is 6.42 Å². The molecule has 2 aromatic rings. The maximum atomic E-state index is 12.6. The molecule has 0 saturated carbocycles. The Balaban J connectivity index is 1.61. The largest absolute Gasteiger partial charge is 0.462 e. The van der Waals surface area contributed by atoms with Gasteiger partial charge in [-0.25, -0.2) is 14.8 Å². The summed E-state index contributed by atoms with van der Waals surface area (Å²) in [5, 5.41) is 2.83. The Hall–Kier alpha value is -2.96. The zero-order valence-electron chi connectivity index (χ0n) is 17.1. The van der Waals surface area contributed by atoms with Gasteiger partial charge < -0.3 is 15.0 Å². The quantitative estimate of drug-likeness (QED) is 0.563. The molecule has 0 radical (unpaired) electrons. The second kappa shape index (κ2) is 10.0. The number of anilines is 2. The first-order valence-corrected chi connectivity index (χ1v) is 10.3. The predicted molar refractivity (Wildman–Crippen MR) is 112 cm³/mol. The number of rotatable bonds is 7. The van der Waals surface area contributed by atoms with Crippen molar-refractivity contribution in [3.05, 3.63) is 47.3 Å². The first kappa shape index (κ1) is 20.8. The monoisotopic (exact) mass is 396 g/mol. The number of amides is 1. The lowest BCUT2D eigenvalue weighted by Gasteiger charge is -2.26. The minimum atomic E-state index is -0.353. The summed E-state index contributed by atoms with van der Waals surface area (Å²) in [6.07, 6.45) is 6.93. The molecule has 3 rings (SSSR count). The number of nitrogens with zero attached hydrogens (tertiary/aromatic N) is 3. The Bertz CT molecular complexity index is 846. The van der Waals surface area contributed by atoms with E-state index in [0.29, 0.717) is 35.1 Å². The van der Waals surface area contributed by atoms with E-state index in [-0.39, 0.29) is 11.9 Å². The molecule has 154 valence electrons. The van der Waals surface area contributed by atoms with Gasteiger partial charge in [0.25, 0.3) is 5.91 Å². The third-order valence-corrected chi connectivity index (χ3v) is 4.96. The van der Waals surface area contributed by atoms with Gasteiger partial charge in [0.1, 0.15) is 0 Å². The number of carbonyl (C=O) groups excluding carboxylic acids is 2. The van der Waals surface area contributed by atoms with Crippen molar-refractivity contribution in [3.8, 4) is 0 Å². The van der Waals surface area contributed by atoms with Crippen LogP contribution in [0, 0.1) is 6.92 Å². The minimum absolute atomic E-state index is 0.272. The van der Waals surface area contributed by atoms with Gasteiger partial charge in [0.2, 0.25) is 5.95 Å². The molecule has 1 amide bonds. The number of benzene rings is 1. The zero-order valence-corrected chi connectivity index (χ0v) is 17.1. The van der Waals surface area contributed by atoms with Gasteiger partial charge in [0.05, 0.1) is 23.4 Å². The molecule has 7 heteroatoms. The molecule has 1 aliphatic heterocycles. The zero-order chi connectivity index (χ0) is 20.6. The van der Waals surface area contributed by atoms with Crippen molar-refractivity contribution in [1.29, 1.82) is 0 Å². The molecule has 1 aromatic carbocycles. The second-order valence-corrected chi connectivity index (χ2v) is 7.24. The molecule has 29 heavy (non-hydrogen) atoms. The van der Waals surface area contributed by atoms with Crippen LogP contribution >= 0.6 is 0 Å². The number of hydrogen-bond acceptors (Lipinski definition) is 6. The van der Waals surface area contributed by atoms with E-state index in [4.69, 9.17) is 4.74 Å². The molecule has 0 spiro atoms. The van der Waals surface area contributed by atoms with Gasteiger partial charge in [-0.05, 0) is 56.9 Å². The second-order valence-electron chi connectivity index (χ2n) is 7.24. The smallest absolute Gasteiger partial charge is 0.338 e. The standard InChI is InChI=1S/C22H28N4O3/c1-3-4-14-29-21(28)17-8-10-18(11-9-17)25-20(27)19-15-23-22(24-16(19)2)26-12-6-5-7-13-26/h8-11,15H,3-7,12-14H2,1-2H3,(H,25,27). The number of esters is 1. The highest BCUT2D eigenvalue weighted by atomic mass is 16.5. The summed E-state index contributed by atoms with van der Waals surface area (Å²) in [6.45, 7) is 6.19. The van der Waals surface area contributed by atoms with Crippen LogP contribution in [0.2, 0.25) is 0 Å². The number of piperidine rings is 1. The Kier molecular flexibility index (Phi) is 7.16. The molecular weight excluding hydrogens is 368 g/mol. The lowest BCUT2D eigenvalue weighted by atomic mass is 10.1. The van der Waals surface area contributed by atoms with Crippen LogP contribution in [0.4, 0.5) is 11.6 Å². The van der Waals surface area contributed by atoms with Crippen LogP contribution in [0.1, 0.15) is 65.4 Å². The predicted octanol–water partition coefficient (Wildman–Crippen LogP) is 3.98. The fourth-order valence-electron chi connectivity index (χ4n) is 3.20. The highest BCUT2D eigenvalue weighted by molar-refractivity contribution is 6.05. The van der Waals surface area contributed by atoms with Crippen LogP contribution in [0.15, 0.2) is 30.5 Å². The van der Waals surface area contributed by atoms with Gasteiger partial charge in [0, 0.05) is 25.0 Å². The molecule has 1 aliphatic rings. The maximum Gasteiger partial charge on any atom is 0.338 e. The van der Waals surface area contributed by atoms with Crippen molar-refractivity contribution in [3.63, 3.8) is 0 Å². The van der Waals surface area contributed by atoms with Gasteiger partial charge in [0.15, 0.2) is 0 Å². The van der Waals surface area contributed by atoms with Crippen LogP contribution in [-0.2, 0) is 4.74 Å². The average Bonchev–Trinajstić information content (AvgIpc) is 2.75. The first-order valence-electron chi connectivity index (χ1n) is 10.3. The van der Waals surface area contributed by atoms with Crippen LogP contribution in [0.5, 0.6) is 0 Å². The van der Waals surface area contributed by atoms with Crippen LogP contribution in [0.3, 0.4) is 0 Å². The lowest BCUT2D eigenvalue weighted by molar-refractivity contribution is 0.0499. The van der Waals surface area contributed by atoms with E-state index in [9.17, 15) is 9.59 Å². The van der Waals surface area contributed by atoms with E-state index in [0.717, 1.165) is 38.8 Å². The summed E-state index contributed by atoms with van der Waals surface area (Å²) in [5.74, 6) is 0.0597. The van der Waals surface area contributed by atoms with Crippen molar-refractivity contribution in [1.82, 2.24) is 9.97 Å². The summed E-state index contributed by atoms with van der Waals surface area (Å²) in [6, 6.07) is 6.67. The van der Waals surface area contributed by atoms with Crippen LogP contribution < -0.4 is 10.2 Å². The summed E-state index contributed by atoms with van der Waals surface area (Å²) in [4.78, 5) is 35.7. The molecular formula is C22H28N4O3. The molecule has 1 N–H and O–H groups in total. The Morgan fingerprint density at radius 2 is 1.86 bits per heavy atom. The summed E-state index contributed by atoms with van der Waals surface area (Å²) >= 11 is 0. The van der Waals surface area contributed by atoms with E-state index in [2.05, 4.69) is 20.2 Å². The fraction of sp³-hybridized carbons (Fsp3) is 0.455. The molecule has 1 aromatic heterocycles. The van der Waals surface area contributed by atoms with E-state index in [1.807, 2.05) is 13.8 Å². The Labute approximate surface area is 171 Å². The molecule has 0 bridgehead atoms. The molecule has 0 aliphatic carbocycles. The van der Waals surface area contributed by atoms with Crippen molar-refractivity contribution < 1.29 is 14.3 Å². The number of nitrogens with one attached hydrogen (secondary N) is 1. The van der Waals surface area contributed by atoms with Crippen molar-refractivity contribution in [2.75, 3.05) is 29.9 Å². The minimum Gasteiger partial charge on any atom is -0.462 e. The van der Waals surface area contributed by atoms with E-state index >= 15 is 0 Å². The number of ether oxygens (including phenoxy) is 1. The number of hydrogen-bond donors (Lipinski definition) is 1. The number of carbonyl (C=O) groups is 2. The van der Waals surface area contributed by atoms with Gasteiger partial charge in [-0.3, -0.25) is 4.79 Å². The van der Waals surface area contributed by atoms with Crippen molar-refractivity contribution in [2.24, 2.45) is 0 Å². The summed E-state index contributed by atoms with van der Waals surface area (Å²) < 4.78 is 5.19. The molecule has 0 unspecified atom stereocenters. The third-order valence-electron chi connectivity index (χ3n) is 4.96.